The van der Waals surface area contributed by atoms with Crippen molar-refractivity contribution in [3.05, 3.63) is 11.6 Å². The summed E-state index contributed by atoms with van der Waals surface area (Å²) in [7, 11) is 0. The predicted octanol–water partition coefficient (Wildman–Crippen LogP) is 1.31. The highest BCUT2D eigenvalue weighted by atomic mass is 16.5. The van der Waals surface area contributed by atoms with Gasteiger partial charge in [-0.1, -0.05) is 13.8 Å². The number of rotatable bonds is 5. The number of hydrogen-bond acceptors (Lipinski definition) is 7. The fraction of sp³-hybridized carbons (Fsp3) is 0.833. The second-order valence-corrected chi connectivity index (χ2v) is 13.9. The molecule has 10 nitrogen and oxygen atoms in total. The Hall–Kier alpha value is -2.17. The summed E-state index contributed by atoms with van der Waals surface area (Å²) in [4.78, 5) is 38.1. The molecular formula is C30H46N4O6. The van der Waals surface area contributed by atoms with Crippen molar-refractivity contribution in [1.29, 1.82) is 0 Å². The van der Waals surface area contributed by atoms with Crippen molar-refractivity contribution in [3.8, 4) is 0 Å². The second-order valence-electron chi connectivity index (χ2n) is 13.9. The zero-order valence-electron chi connectivity index (χ0n) is 23.9. The van der Waals surface area contributed by atoms with E-state index in [9.17, 15) is 24.6 Å². The van der Waals surface area contributed by atoms with Gasteiger partial charge in [-0.2, -0.15) is 0 Å². The number of carbonyl (C=O) groups excluding carboxylic acids is 3. The van der Waals surface area contributed by atoms with Crippen LogP contribution in [0.3, 0.4) is 0 Å². The Labute approximate surface area is 236 Å². The number of nitrogens with one attached hydrogen (secondary N) is 3. The lowest BCUT2D eigenvalue weighted by Gasteiger charge is -2.65. The molecule has 3 amide bonds. The molecule has 0 aromatic rings. The van der Waals surface area contributed by atoms with Gasteiger partial charge in [-0.15, -0.1) is 0 Å². The van der Waals surface area contributed by atoms with Gasteiger partial charge in [0.25, 0.3) is 0 Å². The van der Waals surface area contributed by atoms with Gasteiger partial charge in [0, 0.05) is 43.7 Å². The van der Waals surface area contributed by atoms with Gasteiger partial charge in [-0.05, 0) is 86.0 Å². The standard InChI is InChI=1S/C30H46N4O6/c1-28-7-5-20(33-27(38)32-10-12-34-11-9-31-25(36)16-34)14-19(28)3-4-22-23(28)15-24(35)29(2)21(6-8-30(22,29)39)18-13-26(37)40-17-18/h13,19-24,35,39H,3-12,14-17H2,1-2H3,(H,31,36)(H2,32,33,38)/t19-,20+,21-,22-,23+,24-,28+,29+,30+/m1/s1. The Balaban J connectivity index is 1.08. The molecule has 0 spiro atoms. The summed E-state index contributed by atoms with van der Waals surface area (Å²) in [6.07, 6.45) is 7.71. The first-order valence-corrected chi connectivity index (χ1v) is 15.4. The number of fused-ring (bicyclic) bond motifs is 5. The maximum atomic E-state index is 12.7. The highest BCUT2D eigenvalue weighted by Gasteiger charge is 2.70. The zero-order chi connectivity index (χ0) is 28.3. The van der Waals surface area contributed by atoms with E-state index < -0.39 is 17.1 Å². The van der Waals surface area contributed by atoms with Crippen LogP contribution in [0.4, 0.5) is 4.79 Å². The fourth-order valence-corrected chi connectivity index (χ4v) is 9.97. The summed E-state index contributed by atoms with van der Waals surface area (Å²) in [5.74, 6) is 0.445. The minimum Gasteiger partial charge on any atom is -0.458 e. The molecule has 10 heteroatoms. The molecule has 0 bridgehead atoms. The van der Waals surface area contributed by atoms with Gasteiger partial charge in [-0.3, -0.25) is 9.69 Å². The number of piperazine rings is 1. The first kappa shape index (κ1) is 28.0. The number of urea groups is 1. The van der Waals surface area contributed by atoms with E-state index in [1.54, 1.807) is 6.08 Å². The van der Waals surface area contributed by atoms with E-state index in [-0.39, 0.29) is 53.7 Å². The molecule has 222 valence electrons. The van der Waals surface area contributed by atoms with Gasteiger partial charge in [0.2, 0.25) is 5.91 Å². The number of ether oxygens (including phenoxy) is 1. The van der Waals surface area contributed by atoms with Crippen molar-refractivity contribution in [2.75, 3.05) is 39.3 Å². The maximum absolute atomic E-state index is 12.7. The van der Waals surface area contributed by atoms with E-state index in [1.165, 1.54) is 0 Å². The Morgan fingerprint density at radius 3 is 2.73 bits per heavy atom. The zero-order valence-corrected chi connectivity index (χ0v) is 23.9. The van der Waals surface area contributed by atoms with Gasteiger partial charge >= 0.3 is 12.0 Å². The van der Waals surface area contributed by atoms with Crippen LogP contribution in [0.25, 0.3) is 0 Å². The summed E-state index contributed by atoms with van der Waals surface area (Å²) >= 11 is 0. The van der Waals surface area contributed by atoms with Crippen LogP contribution in [0.2, 0.25) is 0 Å². The van der Waals surface area contributed by atoms with Crippen LogP contribution >= 0.6 is 0 Å². The molecular weight excluding hydrogens is 512 g/mol. The van der Waals surface area contributed by atoms with E-state index in [1.807, 2.05) is 11.8 Å². The third-order valence-corrected chi connectivity index (χ3v) is 12.2. The molecule has 4 aliphatic carbocycles. The van der Waals surface area contributed by atoms with E-state index in [2.05, 4.69) is 22.9 Å². The number of hydrogen-bond donors (Lipinski definition) is 5. The lowest BCUT2D eigenvalue weighted by atomic mass is 9.42. The largest absolute Gasteiger partial charge is 0.458 e. The highest BCUT2D eigenvalue weighted by molar-refractivity contribution is 5.85. The van der Waals surface area contributed by atoms with E-state index >= 15 is 0 Å². The van der Waals surface area contributed by atoms with Crippen LogP contribution < -0.4 is 16.0 Å². The van der Waals surface area contributed by atoms with Crippen LogP contribution in [-0.2, 0) is 14.3 Å². The molecule has 0 aromatic carbocycles. The Kier molecular flexibility index (Phi) is 7.19. The molecule has 2 heterocycles. The van der Waals surface area contributed by atoms with Crippen molar-refractivity contribution in [2.24, 2.45) is 34.5 Å². The van der Waals surface area contributed by atoms with Crippen molar-refractivity contribution >= 4 is 17.9 Å². The van der Waals surface area contributed by atoms with E-state index in [0.717, 1.165) is 50.6 Å². The smallest absolute Gasteiger partial charge is 0.331 e. The third kappa shape index (κ3) is 4.45. The number of esters is 1. The monoisotopic (exact) mass is 558 g/mol. The number of aliphatic hydroxyl groups is 2. The molecule has 2 aliphatic heterocycles. The van der Waals surface area contributed by atoms with Crippen LogP contribution in [0.5, 0.6) is 0 Å². The molecule has 0 unspecified atom stereocenters. The Morgan fingerprint density at radius 1 is 1.15 bits per heavy atom. The molecule has 0 aromatic heterocycles. The number of amides is 3. The summed E-state index contributed by atoms with van der Waals surface area (Å²) in [6.45, 7) is 7.66. The summed E-state index contributed by atoms with van der Waals surface area (Å²) in [6, 6.07) is -0.0393. The summed E-state index contributed by atoms with van der Waals surface area (Å²) in [5.41, 5.74) is -0.725. The quantitative estimate of drug-likeness (QED) is 0.321. The van der Waals surface area contributed by atoms with Crippen molar-refractivity contribution in [1.82, 2.24) is 20.9 Å². The van der Waals surface area contributed by atoms with Crippen LogP contribution in [-0.4, -0.2) is 90.1 Å². The lowest BCUT2D eigenvalue weighted by Crippen LogP contribution is -2.67. The van der Waals surface area contributed by atoms with Gasteiger partial charge < -0.3 is 30.9 Å². The average molecular weight is 559 g/mol. The number of cyclic esters (lactones) is 1. The fourth-order valence-electron chi connectivity index (χ4n) is 9.97. The number of aliphatic hydroxyl groups excluding tert-OH is 1. The number of nitrogens with zero attached hydrogens (tertiary/aromatic N) is 1. The van der Waals surface area contributed by atoms with Crippen molar-refractivity contribution < 1.29 is 29.3 Å². The predicted molar refractivity (Wildman–Crippen MR) is 147 cm³/mol. The molecule has 6 aliphatic rings. The molecule has 40 heavy (non-hydrogen) atoms. The minimum absolute atomic E-state index is 0.00817. The molecule has 4 saturated carbocycles. The lowest BCUT2D eigenvalue weighted by molar-refractivity contribution is -0.242. The Morgan fingerprint density at radius 2 is 1.98 bits per heavy atom. The van der Waals surface area contributed by atoms with Gasteiger partial charge in [0.15, 0.2) is 0 Å². The van der Waals surface area contributed by atoms with Crippen LogP contribution in [0.15, 0.2) is 11.6 Å². The summed E-state index contributed by atoms with van der Waals surface area (Å²) in [5, 5.41) is 33.1. The van der Waals surface area contributed by atoms with Crippen molar-refractivity contribution in [2.45, 2.75) is 83.0 Å². The van der Waals surface area contributed by atoms with E-state index in [0.29, 0.717) is 44.9 Å². The average Bonchev–Trinajstić information content (AvgIpc) is 3.46. The summed E-state index contributed by atoms with van der Waals surface area (Å²) < 4.78 is 5.21. The number of carbonyl (C=O) groups is 3. The minimum atomic E-state index is -0.968. The van der Waals surface area contributed by atoms with Gasteiger partial charge in [-0.25, -0.2) is 9.59 Å². The molecule has 5 fully saturated rings. The second kappa shape index (κ2) is 10.3. The van der Waals surface area contributed by atoms with Gasteiger partial charge in [0.05, 0.1) is 18.2 Å². The van der Waals surface area contributed by atoms with E-state index in [4.69, 9.17) is 4.74 Å². The Bertz CT molecular complexity index is 1080. The highest BCUT2D eigenvalue weighted by Crippen LogP contribution is 2.69. The van der Waals surface area contributed by atoms with Crippen LogP contribution in [0, 0.1) is 34.5 Å². The normalized spacial score (nSPS) is 45.0. The molecule has 5 N–H and O–H groups in total. The molecule has 0 radical (unpaired) electrons. The maximum Gasteiger partial charge on any atom is 0.331 e. The molecule has 6 rings (SSSR count). The van der Waals surface area contributed by atoms with Gasteiger partial charge in [0.1, 0.15) is 6.61 Å². The molecule has 9 atom stereocenters. The first-order valence-electron chi connectivity index (χ1n) is 15.4. The SMILES string of the molecule is C[C@]12CC[C@H](NC(=O)NCCN3CCNC(=O)C3)C[C@H]1CC[C@@H]1[C@@H]2C[C@@H](O)[C@]2(C)[C@@H](C3=CC(=O)OC3)CC[C@]12O. The first-order chi connectivity index (χ1) is 19.0. The third-order valence-electron chi connectivity index (χ3n) is 12.2. The van der Waals surface area contributed by atoms with Crippen LogP contribution in [0.1, 0.15) is 65.2 Å². The topological polar surface area (TPSA) is 140 Å². The van der Waals surface area contributed by atoms with Crippen molar-refractivity contribution in [3.63, 3.8) is 0 Å². The molecule has 1 saturated heterocycles.